The topological polar surface area (TPSA) is 37.3 Å². The molecule has 0 radical (unpaired) electrons. The van der Waals surface area contributed by atoms with Gasteiger partial charge in [0.15, 0.2) is 0 Å². The van der Waals surface area contributed by atoms with Crippen LogP contribution >= 0.6 is 0 Å². The summed E-state index contributed by atoms with van der Waals surface area (Å²) < 4.78 is 0. The second-order valence-electron chi connectivity index (χ2n) is 12.6. The first-order valence-corrected chi connectivity index (χ1v) is 12.9. The van der Waals surface area contributed by atoms with Gasteiger partial charge in [-0.3, -0.25) is 4.79 Å². The molecule has 0 amide bonds. The van der Waals surface area contributed by atoms with Crippen LogP contribution in [0.2, 0.25) is 0 Å². The van der Waals surface area contributed by atoms with Gasteiger partial charge in [0.25, 0.3) is 0 Å². The molecule has 0 aromatic heterocycles. The van der Waals surface area contributed by atoms with E-state index in [1.807, 2.05) is 0 Å². The molecule has 0 heterocycles. The van der Waals surface area contributed by atoms with Crippen LogP contribution < -0.4 is 0 Å². The van der Waals surface area contributed by atoms with E-state index in [0.717, 1.165) is 43.4 Å². The van der Waals surface area contributed by atoms with Crippen molar-refractivity contribution in [1.82, 2.24) is 0 Å². The summed E-state index contributed by atoms with van der Waals surface area (Å²) in [6.07, 6.45) is 12.7. The molecule has 2 heteroatoms. The minimum Gasteiger partial charge on any atom is -0.393 e. The molecule has 4 aliphatic carbocycles. The lowest BCUT2D eigenvalue weighted by Gasteiger charge is -2.62. The molecule has 9 atom stereocenters. The highest BCUT2D eigenvalue weighted by Crippen LogP contribution is 2.68. The molecule has 4 unspecified atom stereocenters. The van der Waals surface area contributed by atoms with E-state index in [-0.39, 0.29) is 6.10 Å². The summed E-state index contributed by atoms with van der Waals surface area (Å²) in [6.45, 7) is 12.3. The average molecular weight is 403 g/mol. The third kappa shape index (κ3) is 3.64. The van der Waals surface area contributed by atoms with Gasteiger partial charge in [-0.05, 0) is 90.8 Å². The quantitative estimate of drug-likeness (QED) is 0.559. The Kier molecular flexibility index (Phi) is 5.99. The highest BCUT2D eigenvalue weighted by molar-refractivity contribution is 5.79. The van der Waals surface area contributed by atoms with Crippen LogP contribution in [0.15, 0.2) is 0 Å². The fraction of sp³-hybridized carbons (Fsp3) is 0.963. The van der Waals surface area contributed by atoms with Crippen LogP contribution in [0.25, 0.3) is 0 Å². The number of aliphatic hydroxyl groups excluding tert-OH is 1. The SMILES string of the molecule is CC(C)CCC[C@@H](C)[C@H]1CCC2C3C(CC[C@@]21C)[C@@]1(C)CCC(=O)CC1C[C@@H]3O. The van der Waals surface area contributed by atoms with Crippen LogP contribution in [-0.4, -0.2) is 17.0 Å². The molecular formula is C27H46O2. The molecule has 2 nitrogen and oxygen atoms in total. The number of ketones is 1. The van der Waals surface area contributed by atoms with E-state index >= 15 is 0 Å². The molecule has 4 rings (SSSR count). The molecule has 4 saturated carbocycles. The van der Waals surface area contributed by atoms with Gasteiger partial charge in [0.05, 0.1) is 6.10 Å². The highest BCUT2D eigenvalue weighted by Gasteiger charge is 2.62. The lowest BCUT2D eigenvalue weighted by atomic mass is 9.44. The van der Waals surface area contributed by atoms with Gasteiger partial charge >= 0.3 is 0 Å². The second kappa shape index (κ2) is 7.95. The van der Waals surface area contributed by atoms with Crippen molar-refractivity contribution in [2.75, 3.05) is 0 Å². The fourth-order valence-corrected chi connectivity index (χ4v) is 9.04. The minimum atomic E-state index is -0.177. The maximum atomic E-state index is 12.1. The molecule has 166 valence electrons. The van der Waals surface area contributed by atoms with Gasteiger partial charge in [-0.25, -0.2) is 0 Å². The van der Waals surface area contributed by atoms with Gasteiger partial charge in [-0.2, -0.15) is 0 Å². The molecule has 4 aliphatic rings. The highest BCUT2D eigenvalue weighted by atomic mass is 16.3. The fourth-order valence-electron chi connectivity index (χ4n) is 9.04. The summed E-state index contributed by atoms with van der Waals surface area (Å²) in [4.78, 5) is 12.1. The molecule has 0 saturated heterocycles. The molecule has 1 N–H and O–H groups in total. The molecule has 0 spiro atoms. The van der Waals surface area contributed by atoms with Crippen LogP contribution in [0.1, 0.15) is 105 Å². The standard InChI is InChI=1S/C27H46O2/c1-17(2)7-6-8-18(3)21-9-10-22-25-23(12-14-27(21,22)5)26(4)13-11-20(28)15-19(26)16-24(25)29/h17-19,21-25,29H,6-16H2,1-5H3/t18-,19?,21-,22?,23?,24+,25?,26+,27-/m1/s1. The minimum absolute atomic E-state index is 0.177. The number of aliphatic hydroxyl groups is 1. The summed E-state index contributed by atoms with van der Waals surface area (Å²) in [5, 5.41) is 11.3. The Labute approximate surface area is 179 Å². The molecule has 0 bridgehead atoms. The summed E-state index contributed by atoms with van der Waals surface area (Å²) >= 11 is 0. The summed E-state index contributed by atoms with van der Waals surface area (Å²) in [5.74, 6) is 5.16. The van der Waals surface area contributed by atoms with Crippen molar-refractivity contribution in [2.45, 2.75) is 111 Å². The van der Waals surface area contributed by atoms with Crippen LogP contribution in [0.4, 0.5) is 0 Å². The third-order valence-electron chi connectivity index (χ3n) is 10.7. The maximum absolute atomic E-state index is 12.1. The Balaban J connectivity index is 1.51. The zero-order valence-corrected chi connectivity index (χ0v) is 19.8. The molecule has 0 aromatic carbocycles. The van der Waals surface area contributed by atoms with Crippen molar-refractivity contribution in [3.8, 4) is 0 Å². The van der Waals surface area contributed by atoms with Crippen molar-refractivity contribution >= 4 is 5.78 Å². The van der Waals surface area contributed by atoms with E-state index < -0.39 is 0 Å². The lowest BCUT2D eigenvalue weighted by Crippen LogP contribution is -2.58. The van der Waals surface area contributed by atoms with E-state index in [4.69, 9.17) is 0 Å². The Morgan fingerprint density at radius 1 is 1.00 bits per heavy atom. The smallest absolute Gasteiger partial charge is 0.133 e. The van der Waals surface area contributed by atoms with Crippen molar-refractivity contribution in [3.05, 3.63) is 0 Å². The van der Waals surface area contributed by atoms with Crippen LogP contribution in [-0.2, 0) is 4.79 Å². The van der Waals surface area contributed by atoms with Crippen molar-refractivity contribution in [3.63, 3.8) is 0 Å². The van der Waals surface area contributed by atoms with E-state index in [2.05, 4.69) is 34.6 Å². The van der Waals surface area contributed by atoms with Gasteiger partial charge < -0.3 is 5.11 Å². The lowest BCUT2D eigenvalue weighted by molar-refractivity contribution is -0.168. The number of Topliss-reactive ketones (excluding diaryl/α,β-unsaturated/α-hetero) is 1. The van der Waals surface area contributed by atoms with Gasteiger partial charge in [-0.15, -0.1) is 0 Å². The zero-order valence-electron chi connectivity index (χ0n) is 19.8. The number of hydrogen-bond acceptors (Lipinski definition) is 2. The molecule has 4 fully saturated rings. The summed E-state index contributed by atoms with van der Waals surface area (Å²) in [5.41, 5.74) is 0.715. The monoisotopic (exact) mass is 402 g/mol. The number of carbonyl (C=O) groups excluding carboxylic acids is 1. The first-order chi connectivity index (χ1) is 13.7. The molecule has 0 aliphatic heterocycles. The average Bonchev–Trinajstić information content (AvgIpc) is 3.00. The summed E-state index contributed by atoms with van der Waals surface area (Å²) in [6, 6.07) is 0. The van der Waals surface area contributed by atoms with E-state index in [1.165, 1.54) is 44.9 Å². The second-order valence-corrected chi connectivity index (χ2v) is 12.6. The van der Waals surface area contributed by atoms with Gasteiger partial charge in [-0.1, -0.05) is 53.9 Å². The van der Waals surface area contributed by atoms with Crippen molar-refractivity contribution < 1.29 is 9.90 Å². The molecule has 0 aromatic rings. The van der Waals surface area contributed by atoms with Crippen LogP contribution in [0.5, 0.6) is 0 Å². The Morgan fingerprint density at radius 3 is 2.45 bits per heavy atom. The maximum Gasteiger partial charge on any atom is 0.133 e. The molecule has 29 heavy (non-hydrogen) atoms. The largest absolute Gasteiger partial charge is 0.393 e. The third-order valence-corrected chi connectivity index (χ3v) is 10.7. The van der Waals surface area contributed by atoms with Crippen molar-refractivity contribution in [1.29, 1.82) is 0 Å². The number of carbonyl (C=O) groups is 1. The number of fused-ring (bicyclic) bond motifs is 5. The van der Waals surface area contributed by atoms with E-state index in [9.17, 15) is 9.90 Å². The van der Waals surface area contributed by atoms with Gasteiger partial charge in [0.2, 0.25) is 0 Å². The first kappa shape index (κ1) is 21.8. The first-order valence-electron chi connectivity index (χ1n) is 12.9. The summed E-state index contributed by atoms with van der Waals surface area (Å²) in [7, 11) is 0. The van der Waals surface area contributed by atoms with E-state index in [0.29, 0.717) is 40.3 Å². The number of rotatable bonds is 5. The predicted octanol–water partition coefficient (Wildman–Crippen LogP) is 6.65. The Morgan fingerprint density at radius 2 is 1.72 bits per heavy atom. The normalized spacial score (nSPS) is 48.2. The van der Waals surface area contributed by atoms with Gasteiger partial charge in [0.1, 0.15) is 5.78 Å². The Bertz CT molecular complexity index is 612. The number of hydrogen-bond donors (Lipinski definition) is 1. The van der Waals surface area contributed by atoms with Crippen LogP contribution in [0.3, 0.4) is 0 Å². The zero-order chi connectivity index (χ0) is 21.0. The van der Waals surface area contributed by atoms with Crippen molar-refractivity contribution in [2.24, 2.45) is 52.3 Å². The Hall–Kier alpha value is -0.370. The van der Waals surface area contributed by atoms with Gasteiger partial charge in [0, 0.05) is 12.8 Å². The van der Waals surface area contributed by atoms with Crippen LogP contribution in [0, 0.1) is 52.3 Å². The predicted molar refractivity (Wildman–Crippen MR) is 119 cm³/mol. The molecular weight excluding hydrogens is 356 g/mol. The van der Waals surface area contributed by atoms with E-state index in [1.54, 1.807) is 0 Å².